The number of furan rings is 1. The first-order valence-corrected chi connectivity index (χ1v) is 6.21. The third kappa shape index (κ3) is 2.91. The van der Waals surface area contributed by atoms with Crippen LogP contribution in [0.25, 0.3) is 0 Å². The van der Waals surface area contributed by atoms with Crippen molar-refractivity contribution in [3.8, 4) is 0 Å². The van der Waals surface area contributed by atoms with Gasteiger partial charge in [-0.05, 0) is 12.1 Å². The second-order valence-corrected chi connectivity index (χ2v) is 4.66. The molecule has 0 aliphatic carbocycles. The third-order valence-corrected chi connectivity index (χ3v) is 3.35. The Hall–Kier alpha value is -1.78. The van der Waals surface area contributed by atoms with E-state index in [4.69, 9.17) is 9.62 Å². The lowest BCUT2D eigenvalue weighted by molar-refractivity contribution is -0.131. The van der Waals surface area contributed by atoms with Crippen LogP contribution in [0.1, 0.15) is 25.5 Å². The molecule has 18 heavy (non-hydrogen) atoms. The number of hydrogen-bond acceptors (Lipinski definition) is 4. The molecule has 0 saturated carbocycles. The molecule has 1 fully saturated rings. The highest BCUT2D eigenvalue weighted by Gasteiger charge is 2.25. The Balaban J connectivity index is 1.83. The Labute approximate surface area is 106 Å². The van der Waals surface area contributed by atoms with Gasteiger partial charge in [-0.2, -0.15) is 0 Å². The van der Waals surface area contributed by atoms with Crippen molar-refractivity contribution in [1.29, 1.82) is 0 Å². The summed E-state index contributed by atoms with van der Waals surface area (Å²) in [6.07, 6.45) is 3.38. The Kier molecular flexibility index (Phi) is 4.02. The lowest BCUT2D eigenvalue weighted by Crippen LogP contribution is -2.43. The highest BCUT2D eigenvalue weighted by atomic mass is 16.4. The smallest absolute Gasteiger partial charge is 0.223 e. The minimum absolute atomic E-state index is 0.134. The SMILES string of the molecule is CC1CN(C(=O)CCc2ccco2)CC/C1=N\O. The largest absolute Gasteiger partial charge is 0.469 e. The number of aryl methyl sites for hydroxylation is 1. The number of likely N-dealkylation sites (tertiary alicyclic amines) is 1. The van der Waals surface area contributed by atoms with Crippen LogP contribution >= 0.6 is 0 Å². The van der Waals surface area contributed by atoms with Crippen molar-refractivity contribution >= 4 is 11.6 Å². The summed E-state index contributed by atoms with van der Waals surface area (Å²) in [5, 5.41) is 12.1. The number of piperidine rings is 1. The second-order valence-electron chi connectivity index (χ2n) is 4.66. The van der Waals surface area contributed by atoms with Crippen molar-refractivity contribution in [1.82, 2.24) is 4.90 Å². The molecular weight excluding hydrogens is 232 g/mol. The Bertz CT molecular complexity index is 425. The summed E-state index contributed by atoms with van der Waals surface area (Å²) in [6.45, 7) is 3.25. The van der Waals surface area contributed by atoms with E-state index in [9.17, 15) is 4.79 Å². The van der Waals surface area contributed by atoms with Crippen molar-refractivity contribution in [2.45, 2.75) is 26.2 Å². The van der Waals surface area contributed by atoms with Gasteiger partial charge in [0.25, 0.3) is 0 Å². The van der Waals surface area contributed by atoms with Gasteiger partial charge in [0, 0.05) is 38.3 Å². The van der Waals surface area contributed by atoms with Gasteiger partial charge in [0.1, 0.15) is 5.76 Å². The van der Waals surface area contributed by atoms with Gasteiger partial charge in [-0.3, -0.25) is 4.79 Å². The molecule has 2 rings (SSSR count). The summed E-state index contributed by atoms with van der Waals surface area (Å²) in [6, 6.07) is 3.70. The molecule has 5 nitrogen and oxygen atoms in total. The van der Waals surface area contributed by atoms with Crippen LogP contribution in [0.15, 0.2) is 28.0 Å². The predicted octanol–water partition coefficient (Wildman–Crippen LogP) is 1.91. The van der Waals surface area contributed by atoms with Crippen molar-refractivity contribution < 1.29 is 14.4 Å². The molecule has 5 heteroatoms. The van der Waals surface area contributed by atoms with Crippen LogP contribution in [-0.4, -0.2) is 34.8 Å². The monoisotopic (exact) mass is 250 g/mol. The number of carbonyl (C=O) groups excluding carboxylic acids is 1. The minimum atomic E-state index is 0.134. The average molecular weight is 250 g/mol. The van der Waals surface area contributed by atoms with Gasteiger partial charge >= 0.3 is 0 Å². The van der Waals surface area contributed by atoms with Gasteiger partial charge < -0.3 is 14.5 Å². The molecule has 0 aromatic carbocycles. The van der Waals surface area contributed by atoms with E-state index < -0.39 is 0 Å². The van der Waals surface area contributed by atoms with E-state index in [-0.39, 0.29) is 11.8 Å². The number of carbonyl (C=O) groups is 1. The maximum Gasteiger partial charge on any atom is 0.223 e. The standard InChI is InChI=1S/C13H18N2O3/c1-10-9-15(7-6-12(10)14-17)13(16)5-4-11-3-2-8-18-11/h2-3,8,10,17H,4-7,9H2,1H3/b14-12+. The number of oxime groups is 1. The van der Waals surface area contributed by atoms with Gasteiger partial charge in [0.2, 0.25) is 5.91 Å². The minimum Gasteiger partial charge on any atom is -0.469 e. The predicted molar refractivity (Wildman–Crippen MR) is 66.6 cm³/mol. The zero-order valence-corrected chi connectivity index (χ0v) is 10.5. The summed E-state index contributed by atoms with van der Waals surface area (Å²) < 4.78 is 5.20. The Morgan fingerprint density at radius 2 is 2.50 bits per heavy atom. The van der Waals surface area contributed by atoms with E-state index in [1.807, 2.05) is 24.0 Å². The van der Waals surface area contributed by atoms with Crippen molar-refractivity contribution in [3.05, 3.63) is 24.2 Å². The maximum atomic E-state index is 12.0. The van der Waals surface area contributed by atoms with Gasteiger partial charge in [0.15, 0.2) is 0 Å². The van der Waals surface area contributed by atoms with Crippen LogP contribution in [-0.2, 0) is 11.2 Å². The van der Waals surface area contributed by atoms with Crippen LogP contribution in [0.2, 0.25) is 0 Å². The molecule has 1 aromatic rings. The normalized spacial score (nSPS) is 22.4. The highest BCUT2D eigenvalue weighted by Crippen LogP contribution is 2.15. The van der Waals surface area contributed by atoms with E-state index >= 15 is 0 Å². The summed E-state index contributed by atoms with van der Waals surface area (Å²) >= 11 is 0. The van der Waals surface area contributed by atoms with Crippen LogP contribution < -0.4 is 0 Å². The van der Waals surface area contributed by atoms with Gasteiger partial charge in [0.05, 0.1) is 12.0 Å². The molecular formula is C13H18N2O3. The molecule has 2 heterocycles. The molecule has 1 N–H and O–H groups in total. The number of rotatable bonds is 3. The van der Waals surface area contributed by atoms with Crippen LogP contribution in [0, 0.1) is 5.92 Å². The van der Waals surface area contributed by atoms with Crippen LogP contribution in [0.3, 0.4) is 0 Å². The summed E-state index contributed by atoms with van der Waals surface area (Å²) in [5.41, 5.74) is 0.782. The average Bonchev–Trinajstić information content (AvgIpc) is 2.89. The zero-order chi connectivity index (χ0) is 13.0. The second kappa shape index (κ2) is 5.71. The van der Waals surface area contributed by atoms with Crippen LogP contribution in [0.4, 0.5) is 0 Å². The molecule has 1 saturated heterocycles. The fraction of sp³-hybridized carbons (Fsp3) is 0.538. The van der Waals surface area contributed by atoms with Gasteiger partial charge in [-0.25, -0.2) is 0 Å². The van der Waals surface area contributed by atoms with Gasteiger partial charge in [-0.1, -0.05) is 12.1 Å². The maximum absolute atomic E-state index is 12.0. The lowest BCUT2D eigenvalue weighted by atomic mass is 9.97. The third-order valence-electron chi connectivity index (χ3n) is 3.35. The zero-order valence-electron chi connectivity index (χ0n) is 10.5. The van der Waals surface area contributed by atoms with Crippen molar-refractivity contribution in [2.24, 2.45) is 11.1 Å². The van der Waals surface area contributed by atoms with Crippen molar-refractivity contribution in [2.75, 3.05) is 13.1 Å². The van der Waals surface area contributed by atoms with Gasteiger partial charge in [-0.15, -0.1) is 0 Å². The summed E-state index contributed by atoms with van der Waals surface area (Å²) in [4.78, 5) is 13.9. The fourth-order valence-electron chi connectivity index (χ4n) is 2.24. The summed E-state index contributed by atoms with van der Waals surface area (Å²) in [5.74, 6) is 1.11. The van der Waals surface area contributed by atoms with Crippen LogP contribution in [0.5, 0.6) is 0 Å². The molecule has 1 aromatic heterocycles. The lowest BCUT2D eigenvalue weighted by Gasteiger charge is -2.31. The molecule has 1 amide bonds. The molecule has 0 spiro atoms. The first kappa shape index (κ1) is 12.7. The number of amides is 1. The number of hydrogen-bond donors (Lipinski definition) is 1. The van der Waals surface area contributed by atoms with E-state index in [2.05, 4.69) is 5.16 Å². The molecule has 1 aliphatic heterocycles. The molecule has 0 radical (unpaired) electrons. The molecule has 0 bridgehead atoms. The molecule has 1 unspecified atom stereocenters. The Morgan fingerprint density at radius 1 is 1.67 bits per heavy atom. The first-order chi connectivity index (χ1) is 8.70. The van der Waals surface area contributed by atoms with Crippen molar-refractivity contribution in [3.63, 3.8) is 0 Å². The molecule has 1 atom stereocenters. The summed E-state index contributed by atoms with van der Waals surface area (Å²) in [7, 11) is 0. The molecule has 1 aliphatic rings. The molecule has 98 valence electrons. The fourth-order valence-corrected chi connectivity index (χ4v) is 2.24. The van der Waals surface area contributed by atoms with E-state index in [1.54, 1.807) is 6.26 Å². The highest BCUT2D eigenvalue weighted by molar-refractivity contribution is 5.89. The quantitative estimate of drug-likeness (QED) is 0.658. The van der Waals surface area contributed by atoms with E-state index in [1.165, 1.54) is 0 Å². The van der Waals surface area contributed by atoms with E-state index in [0.717, 1.165) is 11.5 Å². The van der Waals surface area contributed by atoms with E-state index in [0.29, 0.717) is 32.4 Å². The Morgan fingerprint density at radius 3 is 3.11 bits per heavy atom. The number of nitrogens with zero attached hydrogens (tertiary/aromatic N) is 2. The topological polar surface area (TPSA) is 66.0 Å². The first-order valence-electron chi connectivity index (χ1n) is 6.21.